The van der Waals surface area contributed by atoms with Crippen molar-refractivity contribution in [2.45, 2.75) is 33.2 Å². The fraction of sp³-hybridized carbons (Fsp3) is 0.381. The van der Waals surface area contributed by atoms with Crippen molar-refractivity contribution in [1.82, 2.24) is 15.2 Å². The van der Waals surface area contributed by atoms with Crippen LogP contribution in [0.4, 0.5) is 16.2 Å². The van der Waals surface area contributed by atoms with Gasteiger partial charge in [-0.3, -0.25) is 9.78 Å². The Bertz CT molecular complexity index is 835. The number of carbonyl (C=O) groups is 2. The molecule has 7 nitrogen and oxygen atoms in total. The predicted molar refractivity (Wildman–Crippen MR) is 113 cm³/mol. The number of urea groups is 1. The highest BCUT2D eigenvalue weighted by Crippen LogP contribution is 2.20. The summed E-state index contributed by atoms with van der Waals surface area (Å²) >= 11 is 0. The van der Waals surface area contributed by atoms with Gasteiger partial charge in [0.15, 0.2) is 0 Å². The molecule has 7 heteroatoms. The highest BCUT2D eigenvalue weighted by Gasteiger charge is 2.12. The number of nitrogens with zero attached hydrogens (tertiary/aromatic N) is 2. The van der Waals surface area contributed by atoms with E-state index in [1.807, 2.05) is 59.1 Å². The number of likely N-dealkylation sites (N-methyl/N-ethyl adjacent to an activating group) is 1. The van der Waals surface area contributed by atoms with E-state index in [0.29, 0.717) is 24.3 Å². The minimum Gasteiger partial charge on any atom is -0.335 e. The summed E-state index contributed by atoms with van der Waals surface area (Å²) in [5.74, 6) is -0.103. The Morgan fingerprint density at radius 1 is 1.11 bits per heavy atom. The maximum absolute atomic E-state index is 12.3. The van der Waals surface area contributed by atoms with E-state index in [1.165, 1.54) is 0 Å². The van der Waals surface area contributed by atoms with Crippen LogP contribution in [0.5, 0.6) is 0 Å². The van der Waals surface area contributed by atoms with E-state index in [1.54, 1.807) is 17.2 Å². The predicted octanol–water partition coefficient (Wildman–Crippen LogP) is 2.95. The number of benzene rings is 1. The number of carbonyl (C=O) groups excluding carboxylic acids is 2. The van der Waals surface area contributed by atoms with Crippen molar-refractivity contribution >= 4 is 23.3 Å². The summed E-state index contributed by atoms with van der Waals surface area (Å²) < 4.78 is 0. The molecule has 28 heavy (non-hydrogen) atoms. The summed E-state index contributed by atoms with van der Waals surface area (Å²) in [5.41, 5.74) is 4.30. The first-order chi connectivity index (χ1) is 13.2. The highest BCUT2D eigenvalue weighted by atomic mass is 16.2. The van der Waals surface area contributed by atoms with Crippen molar-refractivity contribution in [3.8, 4) is 0 Å². The number of anilines is 2. The summed E-state index contributed by atoms with van der Waals surface area (Å²) in [4.78, 5) is 30.5. The lowest BCUT2D eigenvalue weighted by Gasteiger charge is -2.16. The minimum absolute atomic E-state index is 0.0710. The number of nitrogens with one attached hydrogen (secondary N) is 3. The standard InChI is InChI=1S/C21H29N5O2/c1-14-7-6-10-22-18(14)11-16(3)23-21(28)24-17-9-8-15(2)19(12-17)25-20(27)13-26(4)5/h6-10,12,16H,11,13H2,1-5H3,(H,25,27)(H2,23,24,28)/t16-/m1/s1. The molecule has 0 saturated heterocycles. The summed E-state index contributed by atoms with van der Waals surface area (Å²) in [6, 6.07) is 8.97. The van der Waals surface area contributed by atoms with Crippen molar-refractivity contribution < 1.29 is 9.59 Å². The lowest BCUT2D eigenvalue weighted by atomic mass is 10.1. The zero-order valence-electron chi connectivity index (χ0n) is 17.2. The van der Waals surface area contributed by atoms with Crippen LogP contribution in [0.15, 0.2) is 36.5 Å². The number of amides is 3. The Kier molecular flexibility index (Phi) is 7.52. The monoisotopic (exact) mass is 383 g/mol. The lowest BCUT2D eigenvalue weighted by Crippen LogP contribution is -2.37. The smallest absolute Gasteiger partial charge is 0.319 e. The number of rotatable bonds is 7. The van der Waals surface area contributed by atoms with E-state index in [4.69, 9.17) is 0 Å². The molecule has 1 atom stereocenters. The SMILES string of the molecule is Cc1ccc(NC(=O)N[C@H](C)Cc2ncccc2C)cc1NC(=O)CN(C)C. The van der Waals surface area contributed by atoms with Crippen molar-refractivity contribution in [3.63, 3.8) is 0 Å². The second kappa shape index (κ2) is 9.85. The number of hydrogen-bond acceptors (Lipinski definition) is 4. The second-order valence-electron chi connectivity index (χ2n) is 7.29. The summed E-state index contributed by atoms with van der Waals surface area (Å²) in [6.07, 6.45) is 2.41. The molecule has 0 aliphatic rings. The Labute approximate surface area is 166 Å². The van der Waals surface area contributed by atoms with Gasteiger partial charge < -0.3 is 20.9 Å². The molecule has 0 fully saturated rings. The molecule has 3 N–H and O–H groups in total. The van der Waals surface area contributed by atoms with Crippen LogP contribution in [0.1, 0.15) is 23.7 Å². The molecule has 3 amide bonds. The molecular weight excluding hydrogens is 354 g/mol. The van der Waals surface area contributed by atoms with Gasteiger partial charge in [-0.05, 0) is 64.2 Å². The van der Waals surface area contributed by atoms with Gasteiger partial charge in [-0.25, -0.2) is 4.79 Å². The Morgan fingerprint density at radius 2 is 1.86 bits per heavy atom. The van der Waals surface area contributed by atoms with Gasteiger partial charge in [0.25, 0.3) is 0 Å². The maximum Gasteiger partial charge on any atom is 0.319 e. The van der Waals surface area contributed by atoms with Crippen LogP contribution in [0, 0.1) is 13.8 Å². The fourth-order valence-electron chi connectivity index (χ4n) is 2.78. The van der Waals surface area contributed by atoms with Crippen LogP contribution in [-0.4, -0.2) is 48.5 Å². The summed E-state index contributed by atoms with van der Waals surface area (Å²) in [5, 5.41) is 8.62. The van der Waals surface area contributed by atoms with Gasteiger partial charge in [0.05, 0.1) is 6.54 Å². The Hall–Kier alpha value is -2.93. The third-order valence-corrected chi connectivity index (χ3v) is 4.22. The molecule has 1 aromatic carbocycles. The first kappa shape index (κ1) is 21.4. The normalized spacial score (nSPS) is 11.8. The van der Waals surface area contributed by atoms with E-state index >= 15 is 0 Å². The number of pyridine rings is 1. The molecule has 0 bridgehead atoms. The van der Waals surface area contributed by atoms with E-state index in [2.05, 4.69) is 20.9 Å². The van der Waals surface area contributed by atoms with Crippen LogP contribution in [0.3, 0.4) is 0 Å². The van der Waals surface area contributed by atoms with Crippen molar-refractivity contribution in [2.24, 2.45) is 0 Å². The van der Waals surface area contributed by atoms with Gasteiger partial charge in [-0.15, -0.1) is 0 Å². The van der Waals surface area contributed by atoms with E-state index < -0.39 is 0 Å². The van der Waals surface area contributed by atoms with E-state index in [9.17, 15) is 9.59 Å². The molecule has 0 spiro atoms. The van der Waals surface area contributed by atoms with Gasteiger partial charge in [0.1, 0.15) is 0 Å². The zero-order chi connectivity index (χ0) is 20.7. The fourth-order valence-corrected chi connectivity index (χ4v) is 2.78. The lowest BCUT2D eigenvalue weighted by molar-refractivity contribution is -0.116. The first-order valence-electron chi connectivity index (χ1n) is 9.28. The molecule has 0 aliphatic carbocycles. The molecular formula is C21H29N5O2. The van der Waals surface area contributed by atoms with E-state index in [-0.39, 0.29) is 18.0 Å². The van der Waals surface area contributed by atoms with Crippen LogP contribution in [-0.2, 0) is 11.2 Å². The molecule has 150 valence electrons. The Balaban J connectivity index is 1.95. The van der Waals surface area contributed by atoms with Crippen molar-refractivity contribution in [3.05, 3.63) is 53.3 Å². The Morgan fingerprint density at radius 3 is 2.54 bits per heavy atom. The number of aryl methyl sites for hydroxylation is 2. The van der Waals surface area contributed by atoms with Crippen molar-refractivity contribution in [1.29, 1.82) is 0 Å². The first-order valence-corrected chi connectivity index (χ1v) is 9.28. The van der Waals surface area contributed by atoms with Crippen LogP contribution in [0.25, 0.3) is 0 Å². The van der Waals surface area contributed by atoms with Gasteiger partial charge >= 0.3 is 6.03 Å². The minimum atomic E-state index is -0.296. The summed E-state index contributed by atoms with van der Waals surface area (Å²) in [7, 11) is 3.67. The molecule has 1 aromatic heterocycles. The average molecular weight is 383 g/mol. The molecule has 1 heterocycles. The molecule has 0 radical (unpaired) electrons. The molecule has 2 rings (SSSR count). The van der Waals surface area contributed by atoms with Crippen LogP contribution in [0.2, 0.25) is 0 Å². The van der Waals surface area contributed by atoms with Crippen LogP contribution >= 0.6 is 0 Å². The van der Waals surface area contributed by atoms with Gasteiger partial charge in [-0.2, -0.15) is 0 Å². The number of hydrogen-bond donors (Lipinski definition) is 3. The van der Waals surface area contributed by atoms with Gasteiger partial charge in [0, 0.05) is 35.7 Å². The highest BCUT2D eigenvalue weighted by molar-refractivity contribution is 5.95. The van der Waals surface area contributed by atoms with Gasteiger partial charge in [0.2, 0.25) is 5.91 Å². The van der Waals surface area contributed by atoms with Gasteiger partial charge in [-0.1, -0.05) is 12.1 Å². The van der Waals surface area contributed by atoms with Crippen LogP contribution < -0.4 is 16.0 Å². The average Bonchev–Trinajstić information content (AvgIpc) is 2.59. The molecule has 0 unspecified atom stereocenters. The molecule has 0 aliphatic heterocycles. The van der Waals surface area contributed by atoms with Crippen molar-refractivity contribution in [2.75, 3.05) is 31.3 Å². The third-order valence-electron chi connectivity index (χ3n) is 4.22. The number of aromatic nitrogens is 1. The summed E-state index contributed by atoms with van der Waals surface area (Å²) in [6.45, 7) is 6.15. The zero-order valence-corrected chi connectivity index (χ0v) is 17.2. The largest absolute Gasteiger partial charge is 0.335 e. The topological polar surface area (TPSA) is 86.4 Å². The quantitative estimate of drug-likeness (QED) is 0.686. The third kappa shape index (κ3) is 6.66. The molecule has 2 aromatic rings. The molecule has 0 saturated carbocycles. The second-order valence-corrected chi connectivity index (χ2v) is 7.29. The maximum atomic E-state index is 12.3. The van der Waals surface area contributed by atoms with E-state index in [0.717, 1.165) is 16.8 Å².